The van der Waals surface area contributed by atoms with Gasteiger partial charge in [0.2, 0.25) is 0 Å². The lowest BCUT2D eigenvalue weighted by Gasteiger charge is -2.23. The fourth-order valence-electron chi connectivity index (χ4n) is 1.06. The standard InChI is InChI=1S/C8H10N2S2/c1-2-4-10-6-12-7-11-5-9-8(10)3-1/h1-4H,5-7H2/b9-8-. The maximum Gasteiger partial charge on any atom is 0.129 e. The Morgan fingerprint density at radius 3 is 3.33 bits per heavy atom. The van der Waals surface area contributed by atoms with Crippen molar-refractivity contribution in [1.29, 1.82) is 0 Å². The zero-order valence-electron chi connectivity index (χ0n) is 6.64. The van der Waals surface area contributed by atoms with E-state index in [1.807, 2.05) is 35.7 Å². The Bertz CT molecular complexity index is 245. The summed E-state index contributed by atoms with van der Waals surface area (Å²) in [6.45, 7) is 0. The van der Waals surface area contributed by atoms with E-state index >= 15 is 0 Å². The summed E-state index contributed by atoms with van der Waals surface area (Å²) >= 11 is 3.81. The van der Waals surface area contributed by atoms with Gasteiger partial charge in [-0.1, -0.05) is 6.08 Å². The first-order valence-corrected chi connectivity index (χ1v) is 6.09. The van der Waals surface area contributed by atoms with Gasteiger partial charge in [0, 0.05) is 11.3 Å². The SMILES string of the molecule is C1=C/C2=N/CSCSCN2C=C1. The highest BCUT2D eigenvalue weighted by molar-refractivity contribution is 8.15. The van der Waals surface area contributed by atoms with E-state index in [0.717, 1.165) is 22.7 Å². The smallest absolute Gasteiger partial charge is 0.129 e. The van der Waals surface area contributed by atoms with Crippen LogP contribution in [0.1, 0.15) is 0 Å². The second-order valence-corrected chi connectivity index (χ2v) is 4.75. The average Bonchev–Trinajstić information content (AvgIpc) is 2.06. The second kappa shape index (κ2) is 4.05. The molecule has 0 aromatic heterocycles. The minimum Gasteiger partial charge on any atom is -0.324 e. The molecule has 0 unspecified atom stereocenters. The van der Waals surface area contributed by atoms with Crippen LogP contribution in [-0.4, -0.2) is 27.6 Å². The molecule has 0 bridgehead atoms. The summed E-state index contributed by atoms with van der Waals surface area (Å²) in [4.78, 5) is 6.64. The van der Waals surface area contributed by atoms with Crippen molar-refractivity contribution in [2.24, 2.45) is 4.99 Å². The Balaban J connectivity index is 2.15. The molecule has 0 aliphatic carbocycles. The number of allylic oxidation sites excluding steroid dienone is 2. The molecule has 2 aliphatic rings. The van der Waals surface area contributed by atoms with E-state index in [1.165, 1.54) is 0 Å². The Labute approximate surface area is 80.8 Å². The van der Waals surface area contributed by atoms with Crippen molar-refractivity contribution in [3.05, 3.63) is 24.4 Å². The zero-order chi connectivity index (χ0) is 8.23. The Morgan fingerprint density at radius 2 is 2.33 bits per heavy atom. The number of hydrogen-bond donors (Lipinski definition) is 0. The van der Waals surface area contributed by atoms with Gasteiger partial charge in [-0.2, -0.15) is 0 Å². The lowest BCUT2D eigenvalue weighted by atomic mass is 10.3. The number of thioether (sulfide) groups is 2. The molecule has 0 radical (unpaired) electrons. The van der Waals surface area contributed by atoms with Crippen LogP contribution in [-0.2, 0) is 0 Å². The molecule has 0 atom stereocenters. The number of nitrogens with zero attached hydrogens (tertiary/aromatic N) is 2. The summed E-state index contributed by atoms with van der Waals surface area (Å²) in [7, 11) is 0. The van der Waals surface area contributed by atoms with Crippen LogP contribution in [0.5, 0.6) is 0 Å². The maximum atomic E-state index is 4.46. The number of aliphatic imine (C=N–C) groups is 1. The third-order valence-corrected chi connectivity index (χ3v) is 3.74. The molecule has 0 saturated heterocycles. The summed E-state index contributed by atoms with van der Waals surface area (Å²) in [6, 6.07) is 0. The van der Waals surface area contributed by atoms with E-state index < -0.39 is 0 Å². The van der Waals surface area contributed by atoms with Crippen LogP contribution in [0, 0.1) is 0 Å². The lowest BCUT2D eigenvalue weighted by Crippen LogP contribution is -2.26. The molecule has 64 valence electrons. The first-order chi connectivity index (χ1) is 5.97. The molecule has 4 heteroatoms. The van der Waals surface area contributed by atoms with E-state index in [2.05, 4.69) is 22.2 Å². The largest absolute Gasteiger partial charge is 0.324 e. The molecule has 2 rings (SSSR count). The van der Waals surface area contributed by atoms with Crippen LogP contribution in [0.4, 0.5) is 0 Å². The van der Waals surface area contributed by atoms with E-state index in [-0.39, 0.29) is 0 Å². The van der Waals surface area contributed by atoms with Crippen molar-refractivity contribution in [2.75, 3.05) is 16.8 Å². The third-order valence-electron chi connectivity index (χ3n) is 1.63. The van der Waals surface area contributed by atoms with Crippen molar-refractivity contribution in [1.82, 2.24) is 4.90 Å². The van der Waals surface area contributed by atoms with Crippen molar-refractivity contribution in [2.45, 2.75) is 0 Å². The predicted molar refractivity (Wildman–Crippen MR) is 57.3 cm³/mol. The third kappa shape index (κ3) is 1.87. The molecule has 0 aromatic rings. The molecule has 0 fully saturated rings. The van der Waals surface area contributed by atoms with Gasteiger partial charge in [0.15, 0.2) is 0 Å². The molecule has 2 nitrogen and oxygen atoms in total. The Kier molecular flexibility index (Phi) is 2.79. The van der Waals surface area contributed by atoms with Crippen LogP contribution < -0.4 is 0 Å². The van der Waals surface area contributed by atoms with Crippen LogP contribution in [0.2, 0.25) is 0 Å². The molecular weight excluding hydrogens is 188 g/mol. The van der Waals surface area contributed by atoms with Gasteiger partial charge in [0.25, 0.3) is 0 Å². The van der Waals surface area contributed by atoms with Gasteiger partial charge in [-0.25, -0.2) is 0 Å². The number of fused-ring (bicyclic) bond motifs is 1. The van der Waals surface area contributed by atoms with Gasteiger partial charge in [0.1, 0.15) is 5.84 Å². The molecule has 2 heterocycles. The summed E-state index contributed by atoms with van der Waals surface area (Å²) in [5.41, 5.74) is 0. The number of amidine groups is 1. The van der Waals surface area contributed by atoms with Crippen LogP contribution >= 0.6 is 23.5 Å². The normalized spacial score (nSPS) is 27.0. The molecule has 2 aliphatic heterocycles. The van der Waals surface area contributed by atoms with E-state index in [9.17, 15) is 0 Å². The van der Waals surface area contributed by atoms with Gasteiger partial charge in [-0.15, -0.1) is 23.5 Å². The summed E-state index contributed by atoms with van der Waals surface area (Å²) < 4.78 is 0. The maximum absolute atomic E-state index is 4.46. The molecule has 0 amide bonds. The highest BCUT2D eigenvalue weighted by Gasteiger charge is 2.09. The van der Waals surface area contributed by atoms with E-state index in [1.54, 1.807) is 0 Å². The van der Waals surface area contributed by atoms with Gasteiger partial charge >= 0.3 is 0 Å². The van der Waals surface area contributed by atoms with Crippen LogP contribution in [0.25, 0.3) is 0 Å². The van der Waals surface area contributed by atoms with Crippen molar-refractivity contribution < 1.29 is 0 Å². The fraction of sp³-hybridized carbons (Fsp3) is 0.375. The predicted octanol–water partition coefficient (Wildman–Crippen LogP) is 2.12. The molecule has 0 spiro atoms. The summed E-state index contributed by atoms with van der Waals surface area (Å²) in [5.74, 6) is 3.00. The molecular formula is C8H10N2S2. The van der Waals surface area contributed by atoms with E-state index in [4.69, 9.17) is 0 Å². The van der Waals surface area contributed by atoms with Crippen molar-refractivity contribution in [3.63, 3.8) is 0 Å². The summed E-state index contributed by atoms with van der Waals surface area (Å²) in [6.07, 6.45) is 8.23. The first kappa shape index (κ1) is 8.26. The van der Waals surface area contributed by atoms with Gasteiger partial charge in [0.05, 0.1) is 11.8 Å². The fourth-order valence-corrected chi connectivity index (χ4v) is 2.77. The van der Waals surface area contributed by atoms with Crippen LogP contribution in [0.15, 0.2) is 29.4 Å². The van der Waals surface area contributed by atoms with Crippen LogP contribution in [0.3, 0.4) is 0 Å². The minimum atomic E-state index is 0.886. The topological polar surface area (TPSA) is 15.6 Å². The Hall–Kier alpha value is -0.350. The number of rotatable bonds is 0. The number of hydrogen-bond acceptors (Lipinski definition) is 4. The van der Waals surface area contributed by atoms with Crippen molar-refractivity contribution in [3.8, 4) is 0 Å². The molecule has 0 aromatic carbocycles. The molecule has 0 saturated carbocycles. The first-order valence-electron chi connectivity index (χ1n) is 3.78. The lowest BCUT2D eigenvalue weighted by molar-refractivity contribution is 0.660. The Morgan fingerprint density at radius 1 is 1.33 bits per heavy atom. The highest BCUT2D eigenvalue weighted by Crippen LogP contribution is 2.18. The average molecular weight is 198 g/mol. The highest BCUT2D eigenvalue weighted by atomic mass is 32.2. The monoisotopic (exact) mass is 198 g/mol. The molecule has 12 heavy (non-hydrogen) atoms. The minimum absolute atomic E-state index is 0.886. The zero-order valence-corrected chi connectivity index (χ0v) is 8.27. The molecule has 0 N–H and O–H groups in total. The van der Waals surface area contributed by atoms with Gasteiger partial charge < -0.3 is 4.90 Å². The van der Waals surface area contributed by atoms with Crippen molar-refractivity contribution >= 4 is 29.4 Å². The second-order valence-electron chi connectivity index (χ2n) is 2.47. The van der Waals surface area contributed by atoms with Gasteiger partial charge in [-0.3, -0.25) is 4.99 Å². The van der Waals surface area contributed by atoms with Gasteiger partial charge in [-0.05, 0) is 12.2 Å². The summed E-state index contributed by atoms with van der Waals surface area (Å²) in [5, 5.41) is 1.14. The quantitative estimate of drug-likeness (QED) is 0.593. The van der Waals surface area contributed by atoms with E-state index in [0.29, 0.717) is 0 Å².